The smallest absolute Gasteiger partial charge is 0.308 e. The molecule has 0 fully saturated rings. The van der Waals surface area contributed by atoms with Crippen LogP contribution in [0.1, 0.15) is 5.56 Å². The quantitative estimate of drug-likeness (QED) is 0.385. The monoisotopic (exact) mass is 456 g/mol. The summed E-state index contributed by atoms with van der Waals surface area (Å²) in [5.74, 6) is -0.541. The molecular formula is C21H17FN4O3S2. The van der Waals surface area contributed by atoms with Gasteiger partial charge in [0.05, 0.1) is 20.8 Å². The van der Waals surface area contributed by atoms with Gasteiger partial charge >= 0.3 is 6.03 Å². The molecule has 0 saturated heterocycles. The van der Waals surface area contributed by atoms with Crippen LogP contribution in [0.15, 0.2) is 71.6 Å². The summed E-state index contributed by atoms with van der Waals surface area (Å²) in [6, 6.07) is 16.7. The predicted molar refractivity (Wildman–Crippen MR) is 121 cm³/mol. The highest BCUT2D eigenvalue weighted by Crippen LogP contribution is 2.30. The standard InChI is InChI=1S/C21H17FN4O3S2/c1-13-6-9-15(10-7-13)31(28,29)26-21-25-18-11-8-14(12-19(18)30-21)23-20(27)24-17-5-3-2-4-16(17)22/h2-12H,1H3,(H,25,26)(H2,23,24,27). The lowest BCUT2D eigenvalue weighted by Gasteiger charge is -2.08. The predicted octanol–water partition coefficient (Wildman–Crippen LogP) is 5.19. The van der Waals surface area contributed by atoms with E-state index in [0.717, 1.165) is 16.9 Å². The lowest BCUT2D eigenvalue weighted by atomic mass is 10.2. The van der Waals surface area contributed by atoms with Crippen molar-refractivity contribution < 1.29 is 17.6 Å². The SMILES string of the molecule is Cc1ccc(S(=O)(=O)Nc2nc3ccc(NC(=O)Nc4ccccc4F)cc3s2)cc1. The van der Waals surface area contributed by atoms with Gasteiger partial charge in [-0.05, 0) is 49.4 Å². The van der Waals surface area contributed by atoms with Crippen LogP contribution >= 0.6 is 11.3 Å². The van der Waals surface area contributed by atoms with Gasteiger partial charge in [0.2, 0.25) is 0 Å². The van der Waals surface area contributed by atoms with Crippen LogP contribution in [-0.4, -0.2) is 19.4 Å². The first kappa shape index (κ1) is 20.8. The number of para-hydroxylation sites is 1. The summed E-state index contributed by atoms with van der Waals surface area (Å²) >= 11 is 1.14. The molecule has 0 saturated carbocycles. The van der Waals surface area contributed by atoms with E-state index < -0.39 is 21.9 Å². The van der Waals surface area contributed by atoms with Gasteiger partial charge < -0.3 is 10.6 Å². The van der Waals surface area contributed by atoms with Crippen molar-refractivity contribution >= 4 is 54.1 Å². The summed E-state index contributed by atoms with van der Waals surface area (Å²) in [5, 5.41) is 5.27. The summed E-state index contributed by atoms with van der Waals surface area (Å²) in [4.78, 5) is 16.6. The van der Waals surface area contributed by atoms with E-state index in [2.05, 4.69) is 20.3 Å². The number of rotatable bonds is 5. The second-order valence-corrected chi connectivity index (χ2v) is 9.39. The Morgan fingerprint density at radius 2 is 1.74 bits per heavy atom. The van der Waals surface area contributed by atoms with Gasteiger partial charge in [0.25, 0.3) is 10.0 Å². The Balaban J connectivity index is 1.50. The summed E-state index contributed by atoms with van der Waals surface area (Å²) in [7, 11) is -3.76. The van der Waals surface area contributed by atoms with E-state index in [9.17, 15) is 17.6 Å². The number of nitrogens with zero attached hydrogens (tertiary/aromatic N) is 1. The maximum Gasteiger partial charge on any atom is 0.323 e. The molecule has 10 heteroatoms. The summed E-state index contributed by atoms with van der Waals surface area (Å²) < 4.78 is 42.0. The van der Waals surface area contributed by atoms with Crippen LogP contribution in [0, 0.1) is 12.7 Å². The van der Waals surface area contributed by atoms with E-state index in [1.807, 2.05) is 6.92 Å². The molecule has 0 unspecified atom stereocenters. The van der Waals surface area contributed by atoms with Gasteiger partial charge in [0.15, 0.2) is 5.13 Å². The Hall–Kier alpha value is -3.50. The average molecular weight is 457 g/mol. The third kappa shape index (κ3) is 4.81. The van der Waals surface area contributed by atoms with Gasteiger partial charge in [0, 0.05) is 5.69 Å². The molecule has 1 heterocycles. The summed E-state index contributed by atoms with van der Waals surface area (Å²) in [6.07, 6.45) is 0. The number of fused-ring (bicyclic) bond motifs is 1. The molecule has 3 aromatic carbocycles. The van der Waals surface area contributed by atoms with Crippen molar-refractivity contribution in [1.82, 2.24) is 4.98 Å². The van der Waals surface area contributed by atoms with E-state index in [1.165, 1.54) is 30.3 Å². The number of anilines is 3. The van der Waals surface area contributed by atoms with Crippen LogP contribution in [0.5, 0.6) is 0 Å². The molecule has 7 nitrogen and oxygen atoms in total. The Labute approximate surface area is 182 Å². The maximum atomic E-state index is 13.7. The van der Waals surface area contributed by atoms with Crippen molar-refractivity contribution in [3.8, 4) is 0 Å². The maximum absolute atomic E-state index is 13.7. The zero-order valence-electron chi connectivity index (χ0n) is 16.2. The van der Waals surface area contributed by atoms with Crippen LogP contribution in [0.2, 0.25) is 0 Å². The number of amides is 2. The number of aryl methyl sites for hydroxylation is 1. The number of urea groups is 1. The van der Waals surface area contributed by atoms with Crippen molar-refractivity contribution in [2.75, 3.05) is 15.4 Å². The number of aromatic nitrogens is 1. The molecule has 0 aliphatic carbocycles. The minimum Gasteiger partial charge on any atom is -0.308 e. The Morgan fingerprint density at radius 3 is 2.48 bits per heavy atom. The molecule has 4 aromatic rings. The molecule has 0 aliphatic rings. The van der Waals surface area contributed by atoms with Crippen molar-refractivity contribution in [3.63, 3.8) is 0 Å². The van der Waals surface area contributed by atoms with E-state index in [-0.39, 0.29) is 15.7 Å². The number of hydrogen-bond acceptors (Lipinski definition) is 5. The zero-order valence-corrected chi connectivity index (χ0v) is 17.9. The van der Waals surface area contributed by atoms with Crippen molar-refractivity contribution in [3.05, 3.63) is 78.1 Å². The molecule has 0 aliphatic heterocycles. The first-order valence-corrected chi connectivity index (χ1v) is 11.4. The number of carbonyl (C=O) groups excluding carboxylic acids is 1. The van der Waals surface area contributed by atoms with Crippen LogP contribution in [0.3, 0.4) is 0 Å². The highest BCUT2D eigenvalue weighted by Gasteiger charge is 2.17. The van der Waals surface area contributed by atoms with Crippen molar-refractivity contribution in [2.24, 2.45) is 0 Å². The van der Waals surface area contributed by atoms with Gasteiger partial charge in [0.1, 0.15) is 5.82 Å². The highest BCUT2D eigenvalue weighted by molar-refractivity contribution is 7.93. The normalized spacial score (nSPS) is 11.3. The number of sulfonamides is 1. The second-order valence-electron chi connectivity index (χ2n) is 6.68. The molecule has 0 atom stereocenters. The number of carbonyl (C=O) groups is 1. The topological polar surface area (TPSA) is 100 Å². The fourth-order valence-corrected chi connectivity index (χ4v) is 4.92. The third-order valence-electron chi connectivity index (χ3n) is 4.32. The largest absolute Gasteiger partial charge is 0.323 e. The average Bonchev–Trinajstić information content (AvgIpc) is 3.10. The molecule has 4 rings (SSSR count). The molecule has 0 bridgehead atoms. The number of benzene rings is 3. The molecule has 31 heavy (non-hydrogen) atoms. The summed E-state index contributed by atoms with van der Waals surface area (Å²) in [5.41, 5.74) is 2.05. The minimum absolute atomic E-state index is 0.0617. The lowest BCUT2D eigenvalue weighted by Crippen LogP contribution is -2.19. The highest BCUT2D eigenvalue weighted by atomic mass is 32.2. The Bertz CT molecular complexity index is 1370. The van der Waals surface area contributed by atoms with E-state index in [1.54, 1.807) is 36.4 Å². The molecule has 3 N–H and O–H groups in total. The van der Waals surface area contributed by atoms with Crippen LogP contribution in [0.25, 0.3) is 10.2 Å². The molecule has 0 radical (unpaired) electrons. The molecule has 0 spiro atoms. The van der Waals surface area contributed by atoms with Crippen LogP contribution < -0.4 is 15.4 Å². The minimum atomic E-state index is -3.76. The third-order valence-corrected chi connectivity index (χ3v) is 6.74. The van der Waals surface area contributed by atoms with Gasteiger partial charge in [-0.15, -0.1) is 0 Å². The van der Waals surface area contributed by atoms with Gasteiger partial charge in [-0.3, -0.25) is 4.72 Å². The van der Waals surface area contributed by atoms with Crippen LogP contribution in [0.4, 0.5) is 25.7 Å². The number of halogens is 1. The van der Waals surface area contributed by atoms with E-state index in [4.69, 9.17) is 0 Å². The fourth-order valence-electron chi connectivity index (χ4n) is 2.78. The Kier molecular flexibility index (Phi) is 5.57. The first-order valence-electron chi connectivity index (χ1n) is 9.13. The lowest BCUT2D eigenvalue weighted by molar-refractivity contribution is 0.262. The second kappa shape index (κ2) is 8.32. The number of hydrogen-bond donors (Lipinski definition) is 3. The summed E-state index contributed by atoms with van der Waals surface area (Å²) in [6.45, 7) is 1.87. The number of thiazole rings is 1. The van der Waals surface area contributed by atoms with Gasteiger partial charge in [-0.25, -0.2) is 22.6 Å². The van der Waals surface area contributed by atoms with Gasteiger partial charge in [-0.1, -0.05) is 41.2 Å². The van der Waals surface area contributed by atoms with Gasteiger partial charge in [-0.2, -0.15) is 0 Å². The Morgan fingerprint density at radius 1 is 1.00 bits per heavy atom. The molecular weight excluding hydrogens is 439 g/mol. The van der Waals surface area contributed by atoms with Crippen LogP contribution in [-0.2, 0) is 10.0 Å². The first-order chi connectivity index (χ1) is 14.8. The molecule has 1 aromatic heterocycles. The van der Waals surface area contributed by atoms with Crippen molar-refractivity contribution in [1.29, 1.82) is 0 Å². The zero-order chi connectivity index (χ0) is 22.0. The van der Waals surface area contributed by atoms with E-state index in [0.29, 0.717) is 15.9 Å². The molecule has 2 amide bonds. The fraction of sp³-hybridized carbons (Fsp3) is 0.0476. The van der Waals surface area contributed by atoms with Crippen molar-refractivity contribution in [2.45, 2.75) is 11.8 Å². The van der Waals surface area contributed by atoms with E-state index >= 15 is 0 Å². The number of nitrogens with one attached hydrogen (secondary N) is 3. The molecule has 158 valence electrons.